The van der Waals surface area contributed by atoms with Crippen molar-refractivity contribution in [1.29, 1.82) is 0 Å². The van der Waals surface area contributed by atoms with E-state index in [9.17, 15) is 4.79 Å². The first-order chi connectivity index (χ1) is 6.43. The summed E-state index contributed by atoms with van der Waals surface area (Å²) in [6.45, 7) is 10.4. The van der Waals surface area contributed by atoms with Gasteiger partial charge in [0.15, 0.2) is 0 Å². The van der Waals surface area contributed by atoms with Gasteiger partial charge in [0.2, 0.25) is 5.91 Å². The molecule has 0 radical (unpaired) electrons. The van der Waals surface area contributed by atoms with Crippen LogP contribution in [0.25, 0.3) is 0 Å². The molecule has 0 aromatic carbocycles. The Hall–Kier alpha value is -0.480. The lowest BCUT2D eigenvalue weighted by Crippen LogP contribution is -2.49. The van der Waals surface area contributed by atoms with Gasteiger partial charge in [0.1, 0.15) is 6.04 Å². The van der Waals surface area contributed by atoms with Gasteiger partial charge in [-0.15, -0.1) is 11.8 Å². The summed E-state index contributed by atoms with van der Waals surface area (Å²) >= 11 is 1.78. The molecule has 0 aromatic heterocycles. The zero-order chi connectivity index (χ0) is 10.8. The molecule has 1 fully saturated rings. The van der Waals surface area contributed by atoms with Gasteiger partial charge in [0, 0.05) is 17.2 Å². The van der Waals surface area contributed by atoms with Gasteiger partial charge >= 0.3 is 0 Å². The molecule has 0 spiro atoms. The molecule has 1 rings (SSSR count). The number of thioether (sulfide) groups is 1. The molecule has 80 valence electrons. The van der Waals surface area contributed by atoms with Crippen LogP contribution in [-0.2, 0) is 4.79 Å². The number of carbonyl (C=O) groups is 1. The normalized spacial score (nSPS) is 24.6. The van der Waals surface area contributed by atoms with E-state index < -0.39 is 0 Å². The predicted octanol–water partition coefficient (Wildman–Crippen LogP) is 1.12. The van der Waals surface area contributed by atoms with Gasteiger partial charge in [-0.05, 0) is 20.8 Å². The number of hydrogen-bond acceptors (Lipinski definition) is 3. The van der Waals surface area contributed by atoms with E-state index in [-0.39, 0.29) is 16.7 Å². The zero-order valence-electron chi connectivity index (χ0n) is 9.02. The highest BCUT2D eigenvalue weighted by atomic mass is 32.2. The molecule has 1 saturated heterocycles. The summed E-state index contributed by atoms with van der Waals surface area (Å²) in [5.74, 6) is 0.918. The fourth-order valence-electron chi connectivity index (χ4n) is 1.39. The second-order valence-corrected chi connectivity index (χ2v) is 5.83. The Morgan fingerprint density at radius 3 is 2.79 bits per heavy atom. The van der Waals surface area contributed by atoms with Crippen molar-refractivity contribution in [1.82, 2.24) is 10.6 Å². The third-order valence-corrected chi connectivity index (χ3v) is 3.54. The molecule has 0 unspecified atom stereocenters. The summed E-state index contributed by atoms with van der Waals surface area (Å²) in [6.07, 6.45) is 0. The van der Waals surface area contributed by atoms with Crippen LogP contribution in [0.1, 0.15) is 20.8 Å². The highest BCUT2D eigenvalue weighted by Crippen LogP contribution is 2.32. The summed E-state index contributed by atoms with van der Waals surface area (Å²) < 4.78 is -0.0147. The fourth-order valence-corrected chi connectivity index (χ4v) is 2.37. The lowest BCUT2D eigenvalue weighted by molar-refractivity contribution is -0.123. The molecular formula is C10H18N2OS. The number of rotatable bonds is 3. The average Bonchev–Trinajstić information content (AvgIpc) is 2.41. The maximum Gasteiger partial charge on any atom is 0.238 e. The number of hydrogen-bond donors (Lipinski definition) is 2. The molecule has 1 heterocycles. The number of nitrogens with one attached hydrogen (secondary N) is 2. The van der Waals surface area contributed by atoms with Crippen LogP contribution in [0.4, 0.5) is 0 Å². The van der Waals surface area contributed by atoms with Crippen molar-refractivity contribution in [3.8, 4) is 0 Å². The second-order valence-electron chi connectivity index (χ2n) is 4.20. The van der Waals surface area contributed by atoms with Crippen LogP contribution in [0.5, 0.6) is 0 Å². The molecule has 1 aliphatic rings. The molecule has 0 bridgehead atoms. The Labute approximate surface area is 89.7 Å². The third-order valence-electron chi connectivity index (χ3n) is 2.25. The first-order valence-electron chi connectivity index (χ1n) is 4.73. The summed E-state index contributed by atoms with van der Waals surface area (Å²) in [4.78, 5) is 11.7. The zero-order valence-corrected chi connectivity index (χ0v) is 9.83. The van der Waals surface area contributed by atoms with Crippen molar-refractivity contribution < 1.29 is 4.79 Å². The SMILES string of the molecule is C=C(C)CNC(=O)[C@H]1NCSC1(C)C. The van der Waals surface area contributed by atoms with Gasteiger partial charge in [-0.25, -0.2) is 0 Å². The van der Waals surface area contributed by atoms with Crippen LogP contribution in [0.15, 0.2) is 12.2 Å². The van der Waals surface area contributed by atoms with Crippen LogP contribution in [0.3, 0.4) is 0 Å². The largest absolute Gasteiger partial charge is 0.351 e. The average molecular weight is 214 g/mol. The molecule has 14 heavy (non-hydrogen) atoms. The summed E-state index contributed by atoms with van der Waals surface area (Å²) in [5.41, 5.74) is 0.974. The molecule has 3 nitrogen and oxygen atoms in total. The summed E-state index contributed by atoms with van der Waals surface area (Å²) in [6, 6.07) is -0.0909. The minimum absolute atomic E-state index is 0.0147. The van der Waals surface area contributed by atoms with E-state index in [0.29, 0.717) is 6.54 Å². The first-order valence-corrected chi connectivity index (χ1v) is 5.71. The molecule has 0 aromatic rings. The maximum atomic E-state index is 11.7. The fraction of sp³-hybridized carbons (Fsp3) is 0.700. The molecule has 1 atom stereocenters. The Balaban J connectivity index is 2.48. The molecular weight excluding hydrogens is 196 g/mol. The molecule has 4 heteroatoms. The smallest absolute Gasteiger partial charge is 0.238 e. The van der Waals surface area contributed by atoms with E-state index in [0.717, 1.165) is 11.4 Å². The van der Waals surface area contributed by atoms with Crippen LogP contribution >= 0.6 is 11.8 Å². The van der Waals surface area contributed by atoms with Gasteiger partial charge in [0.05, 0.1) is 0 Å². The van der Waals surface area contributed by atoms with Gasteiger partial charge in [-0.3, -0.25) is 10.1 Å². The van der Waals surface area contributed by atoms with Crippen LogP contribution in [0.2, 0.25) is 0 Å². The minimum Gasteiger partial charge on any atom is -0.351 e. The highest BCUT2D eigenvalue weighted by Gasteiger charge is 2.39. The predicted molar refractivity (Wildman–Crippen MR) is 61.3 cm³/mol. The number of amides is 1. The van der Waals surface area contributed by atoms with E-state index in [2.05, 4.69) is 31.1 Å². The maximum absolute atomic E-state index is 11.7. The molecule has 1 amide bonds. The van der Waals surface area contributed by atoms with Crippen molar-refractivity contribution in [3.63, 3.8) is 0 Å². The number of carbonyl (C=O) groups excluding carboxylic acids is 1. The molecule has 0 saturated carbocycles. The lowest BCUT2D eigenvalue weighted by Gasteiger charge is -2.24. The van der Waals surface area contributed by atoms with Crippen LogP contribution in [-0.4, -0.2) is 29.1 Å². The Bertz CT molecular complexity index is 251. The van der Waals surface area contributed by atoms with Crippen molar-refractivity contribution >= 4 is 17.7 Å². The Morgan fingerprint density at radius 1 is 1.71 bits per heavy atom. The summed E-state index contributed by atoms with van der Waals surface area (Å²) in [5, 5.41) is 6.06. The third kappa shape index (κ3) is 2.75. The highest BCUT2D eigenvalue weighted by molar-refractivity contribution is 8.00. The van der Waals surface area contributed by atoms with Gasteiger partial charge in [0.25, 0.3) is 0 Å². The summed E-state index contributed by atoms with van der Waals surface area (Å²) in [7, 11) is 0. The van der Waals surface area contributed by atoms with Crippen LogP contribution < -0.4 is 10.6 Å². The van der Waals surface area contributed by atoms with Crippen molar-refractivity contribution in [3.05, 3.63) is 12.2 Å². The van der Waals surface area contributed by atoms with E-state index in [1.54, 1.807) is 11.8 Å². The Kier molecular flexibility index (Phi) is 3.61. The molecule has 2 N–H and O–H groups in total. The van der Waals surface area contributed by atoms with Crippen molar-refractivity contribution in [2.45, 2.75) is 31.6 Å². The molecule has 0 aliphatic carbocycles. The molecule has 1 aliphatic heterocycles. The van der Waals surface area contributed by atoms with Crippen molar-refractivity contribution in [2.75, 3.05) is 12.4 Å². The second kappa shape index (κ2) is 4.36. The van der Waals surface area contributed by atoms with E-state index in [4.69, 9.17) is 0 Å². The quantitative estimate of drug-likeness (QED) is 0.692. The van der Waals surface area contributed by atoms with Gasteiger partial charge < -0.3 is 5.32 Å². The topological polar surface area (TPSA) is 41.1 Å². The van der Waals surface area contributed by atoms with Crippen LogP contribution in [0, 0.1) is 0 Å². The van der Waals surface area contributed by atoms with Gasteiger partial charge in [-0.1, -0.05) is 12.2 Å². The van der Waals surface area contributed by atoms with Gasteiger partial charge in [-0.2, -0.15) is 0 Å². The lowest BCUT2D eigenvalue weighted by atomic mass is 10.0. The first kappa shape index (κ1) is 11.6. The van der Waals surface area contributed by atoms with E-state index >= 15 is 0 Å². The Morgan fingerprint density at radius 2 is 2.36 bits per heavy atom. The monoisotopic (exact) mass is 214 g/mol. The minimum atomic E-state index is -0.0909. The van der Waals surface area contributed by atoms with Crippen molar-refractivity contribution in [2.24, 2.45) is 0 Å². The van der Waals surface area contributed by atoms with E-state index in [1.165, 1.54) is 0 Å². The standard InChI is InChI=1S/C10H18N2OS/c1-7(2)5-11-9(13)8-10(3,4)14-6-12-8/h8,12H,1,5-6H2,2-4H3,(H,11,13)/t8-/m1/s1. The van der Waals surface area contributed by atoms with E-state index in [1.807, 2.05) is 6.92 Å².